The van der Waals surface area contributed by atoms with Crippen LogP contribution in [0.3, 0.4) is 0 Å². The third-order valence-corrected chi connectivity index (χ3v) is 4.96. The highest BCUT2D eigenvalue weighted by Crippen LogP contribution is 2.17. The zero-order valence-electron chi connectivity index (χ0n) is 20.4. The van der Waals surface area contributed by atoms with Gasteiger partial charge in [0.15, 0.2) is 0 Å². The number of nitrogens with one attached hydrogen (secondary N) is 2. The van der Waals surface area contributed by atoms with Gasteiger partial charge in [-0.3, -0.25) is 4.79 Å². The number of phenols is 1. The summed E-state index contributed by atoms with van der Waals surface area (Å²) in [6, 6.07) is 13.5. The molecule has 2 aromatic rings. The van der Waals surface area contributed by atoms with E-state index in [0.717, 1.165) is 11.6 Å². The normalized spacial score (nSPS) is 12.1. The van der Waals surface area contributed by atoms with Gasteiger partial charge in [-0.05, 0) is 56.9 Å². The molecule has 0 aliphatic rings. The summed E-state index contributed by atoms with van der Waals surface area (Å²) in [6.45, 7) is 8.86. The van der Waals surface area contributed by atoms with Crippen molar-refractivity contribution in [3.05, 3.63) is 65.5 Å². The first-order valence-electron chi connectivity index (χ1n) is 11.5. The largest absolute Gasteiger partial charge is 0.508 e. The number of aromatic hydroxyl groups is 1. The Labute approximate surface area is 201 Å². The number of nitrogens with zero attached hydrogens (tertiary/aromatic N) is 1. The van der Waals surface area contributed by atoms with Crippen molar-refractivity contribution in [3.63, 3.8) is 0 Å². The Kier molecular flexibility index (Phi) is 10.3. The van der Waals surface area contributed by atoms with Crippen molar-refractivity contribution in [2.24, 2.45) is 0 Å². The highest BCUT2D eigenvalue weighted by atomic mass is 19.1. The third kappa shape index (κ3) is 10.7. The Bertz CT molecular complexity index is 911. The van der Waals surface area contributed by atoms with E-state index in [2.05, 4.69) is 10.6 Å². The van der Waals surface area contributed by atoms with Crippen LogP contribution in [-0.4, -0.2) is 53.3 Å². The fourth-order valence-corrected chi connectivity index (χ4v) is 3.52. The number of carbonyl (C=O) groups is 2. The van der Waals surface area contributed by atoms with E-state index in [1.54, 1.807) is 4.90 Å². The number of rotatable bonds is 11. The summed E-state index contributed by atoms with van der Waals surface area (Å²) < 4.78 is 19.3. The van der Waals surface area contributed by atoms with Crippen LogP contribution in [0.5, 0.6) is 5.75 Å². The van der Waals surface area contributed by atoms with E-state index in [4.69, 9.17) is 4.74 Å². The summed E-state index contributed by atoms with van der Waals surface area (Å²) in [5.41, 5.74) is 1.07. The van der Waals surface area contributed by atoms with Crippen molar-refractivity contribution >= 4 is 12.0 Å². The van der Waals surface area contributed by atoms with E-state index < -0.39 is 17.5 Å². The first kappa shape index (κ1) is 27.1. The summed E-state index contributed by atoms with van der Waals surface area (Å²) in [7, 11) is 0. The molecule has 0 aliphatic carbocycles. The van der Waals surface area contributed by atoms with Crippen molar-refractivity contribution in [2.75, 3.05) is 19.6 Å². The van der Waals surface area contributed by atoms with E-state index >= 15 is 0 Å². The van der Waals surface area contributed by atoms with Crippen LogP contribution >= 0.6 is 0 Å². The van der Waals surface area contributed by atoms with Crippen molar-refractivity contribution in [2.45, 2.75) is 58.7 Å². The molecule has 0 aromatic heterocycles. The van der Waals surface area contributed by atoms with Crippen molar-refractivity contribution in [1.29, 1.82) is 0 Å². The molecule has 0 radical (unpaired) electrons. The predicted molar refractivity (Wildman–Crippen MR) is 130 cm³/mol. The number of phenolic OH excluding ortho intramolecular Hbond substituents is 1. The second kappa shape index (κ2) is 12.9. The summed E-state index contributed by atoms with van der Waals surface area (Å²) in [4.78, 5) is 26.2. The summed E-state index contributed by atoms with van der Waals surface area (Å²) >= 11 is 0. The lowest BCUT2D eigenvalue weighted by Gasteiger charge is -2.29. The molecule has 2 aromatic carbocycles. The molecule has 3 N–H and O–H groups in total. The first-order valence-corrected chi connectivity index (χ1v) is 11.5. The molecule has 0 saturated carbocycles. The summed E-state index contributed by atoms with van der Waals surface area (Å²) in [6.07, 6.45) is 0.327. The second-order valence-corrected chi connectivity index (χ2v) is 9.34. The Morgan fingerprint density at radius 1 is 1.09 bits per heavy atom. The van der Waals surface area contributed by atoms with Crippen LogP contribution in [0, 0.1) is 5.82 Å². The lowest BCUT2D eigenvalue weighted by atomic mass is 10.0. The average molecular weight is 474 g/mol. The Morgan fingerprint density at radius 2 is 1.79 bits per heavy atom. The van der Waals surface area contributed by atoms with Gasteiger partial charge >= 0.3 is 6.09 Å². The molecule has 0 spiro atoms. The van der Waals surface area contributed by atoms with Crippen molar-refractivity contribution < 1.29 is 23.8 Å². The zero-order chi connectivity index (χ0) is 25.1. The second-order valence-electron chi connectivity index (χ2n) is 9.34. The lowest BCUT2D eigenvalue weighted by molar-refractivity contribution is -0.119. The highest BCUT2D eigenvalue weighted by Gasteiger charge is 2.23. The molecule has 0 aliphatic heterocycles. The van der Waals surface area contributed by atoms with E-state index in [1.807, 2.05) is 51.1 Å². The number of ether oxygens (including phenoxy) is 1. The van der Waals surface area contributed by atoms with Gasteiger partial charge in [-0.15, -0.1) is 0 Å². The van der Waals surface area contributed by atoms with Gasteiger partial charge in [0, 0.05) is 45.2 Å². The molecule has 0 unspecified atom stereocenters. The SMILES string of the molecule is CC(=O)N[C@H](CCN(CCNCc1ccccc1)C(=O)OC(C)(C)C)Cc1cc(O)cc(F)c1. The zero-order valence-corrected chi connectivity index (χ0v) is 20.4. The average Bonchev–Trinajstić information content (AvgIpc) is 2.71. The number of halogens is 1. The molecule has 2 amide bonds. The Hall–Kier alpha value is -3.13. The molecule has 0 saturated heterocycles. The molecule has 0 heterocycles. The Morgan fingerprint density at radius 3 is 2.41 bits per heavy atom. The van der Waals surface area contributed by atoms with Gasteiger partial charge in [0.1, 0.15) is 17.2 Å². The highest BCUT2D eigenvalue weighted by molar-refractivity contribution is 5.73. The van der Waals surface area contributed by atoms with Gasteiger partial charge in [-0.1, -0.05) is 30.3 Å². The standard InChI is InChI=1S/C26H36FN3O4/c1-19(31)29-23(15-21-14-22(27)17-24(32)16-21)10-12-30(25(33)34-26(2,3)4)13-11-28-18-20-8-6-5-7-9-20/h5-9,14,16-17,23,28,32H,10-13,15,18H2,1-4H3,(H,29,31)/t23-/m1/s1. The molecule has 0 fully saturated rings. The van der Waals surface area contributed by atoms with Crippen LogP contribution in [0.1, 0.15) is 45.2 Å². The third-order valence-electron chi connectivity index (χ3n) is 4.96. The van der Waals surface area contributed by atoms with Gasteiger partial charge in [-0.25, -0.2) is 9.18 Å². The van der Waals surface area contributed by atoms with Gasteiger partial charge in [0.2, 0.25) is 5.91 Å². The van der Waals surface area contributed by atoms with Gasteiger partial charge < -0.3 is 25.4 Å². The maximum atomic E-state index is 13.7. The van der Waals surface area contributed by atoms with Crippen molar-refractivity contribution in [1.82, 2.24) is 15.5 Å². The summed E-state index contributed by atoms with van der Waals surface area (Å²) in [5.74, 6) is -0.938. The molecule has 7 nitrogen and oxygen atoms in total. The minimum atomic E-state index is -0.636. The number of carbonyl (C=O) groups excluding carboxylic acids is 2. The topological polar surface area (TPSA) is 90.9 Å². The fraction of sp³-hybridized carbons (Fsp3) is 0.462. The Balaban J connectivity index is 2.01. The number of hydrogen-bond acceptors (Lipinski definition) is 5. The van der Waals surface area contributed by atoms with Gasteiger partial charge in [0.05, 0.1) is 0 Å². The van der Waals surface area contributed by atoms with Gasteiger partial charge in [0.25, 0.3) is 0 Å². The van der Waals surface area contributed by atoms with Crippen molar-refractivity contribution in [3.8, 4) is 5.75 Å². The molecule has 186 valence electrons. The minimum absolute atomic E-state index is 0.170. The number of hydrogen-bond donors (Lipinski definition) is 3. The maximum Gasteiger partial charge on any atom is 0.410 e. The predicted octanol–water partition coefficient (Wildman–Crippen LogP) is 4.00. The van der Waals surface area contributed by atoms with E-state index in [1.165, 1.54) is 19.1 Å². The van der Waals surface area contributed by atoms with Crippen LogP contribution in [0.25, 0.3) is 0 Å². The minimum Gasteiger partial charge on any atom is -0.508 e. The number of benzene rings is 2. The summed E-state index contributed by atoms with van der Waals surface area (Å²) in [5, 5.41) is 15.9. The molecule has 0 bridgehead atoms. The molecular formula is C26H36FN3O4. The lowest BCUT2D eigenvalue weighted by Crippen LogP contribution is -2.44. The van der Waals surface area contributed by atoms with Crippen LogP contribution in [0.4, 0.5) is 9.18 Å². The molecular weight excluding hydrogens is 437 g/mol. The van der Waals surface area contributed by atoms with Crippen LogP contribution in [0.2, 0.25) is 0 Å². The van der Waals surface area contributed by atoms with Gasteiger partial charge in [-0.2, -0.15) is 0 Å². The monoisotopic (exact) mass is 473 g/mol. The molecule has 2 rings (SSSR count). The van der Waals surface area contributed by atoms with E-state index in [9.17, 15) is 19.1 Å². The quantitative estimate of drug-likeness (QED) is 0.429. The number of amides is 2. The maximum absolute atomic E-state index is 13.7. The molecule has 34 heavy (non-hydrogen) atoms. The molecule has 8 heteroatoms. The van der Waals surface area contributed by atoms with E-state index in [0.29, 0.717) is 44.6 Å². The van der Waals surface area contributed by atoms with E-state index in [-0.39, 0.29) is 17.7 Å². The first-order chi connectivity index (χ1) is 16.0. The van der Waals surface area contributed by atoms with Crippen LogP contribution < -0.4 is 10.6 Å². The van der Waals surface area contributed by atoms with Crippen LogP contribution in [-0.2, 0) is 22.5 Å². The van der Waals surface area contributed by atoms with Crippen LogP contribution in [0.15, 0.2) is 48.5 Å². The fourth-order valence-electron chi connectivity index (χ4n) is 3.52. The molecule has 1 atom stereocenters. The smallest absolute Gasteiger partial charge is 0.410 e.